The van der Waals surface area contributed by atoms with Gasteiger partial charge in [0.15, 0.2) is 0 Å². The Morgan fingerprint density at radius 1 is 0.321 bits per heavy atom. The molecule has 0 saturated heterocycles. The van der Waals surface area contributed by atoms with Gasteiger partial charge in [0.25, 0.3) is 0 Å². The summed E-state index contributed by atoms with van der Waals surface area (Å²) in [5.74, 6) is 0. The van der Waals surface area contributed by atoms with Crippen molar-refractivity contribution >= 4 is 68.8 Å². The van der Waals surface area contributed by atoms with Gasteiger partial charge in [0.1, 0.15) is 0 Å². The molecule has 0 aromatic heterocycles. The van der Waals surface area contributed by atoms with Gasteiger partial charge < -0.3 is 0 Å². The van der Waals surface area contributed by atoms with E-state index < -0.39 is 0 Å². The molecular weight excluding hydrogens is 673 g/mol. The maximum absolute atomic E-state index is 2.24. The van der Waals surface area contributed by atoms with E-state index in [0.717, 1.165) is 0 Å². The highest BCUT2D eigenvalue weighted by atomic mass is 14.1. The lowest BCUT2D eigenvalue weighted by atomic mass is 9.96. The lowest BCUT2D eigenvalue weighted by molar-refractivity contribution is 1.44. The Kier molecular flexibility index (Phi) is 19.4. The molecule has 0 N–H and O–H groups in total. The molecule has 0 nitrogen and oxygen atoms in total. The summed E-state index contributed by atoms with van der Waals surface area (Å²) in [5.41, 5.74) is 4.00. The van der Waals surface area contributed by atoms with E-state index in [0.29, 0.717) is 0 Å². The van der Waals surface area contributed by atoms with Gasteiger partial charge in [-0.05, 0) is 156 Å². The van der Waals surface area contributed by atoms with Gasteiger partial charge in [0.05, 0.1) is 0 Å². The van der Waals surface area contributed by atoms with Crippen molar-refractivity contribution in [3.8, 4) is 0 Å². The van der Waals surface area contributed by atoms with Crippen LogP contribution in [0.15, 0.2) is 158 Å². The van der Waals surface area contributed by atoms with Gasteiger partial charge in [-0.2, -0.15) is 0 Å². The van der Waals surface area contributed by atoms with E-state index in [2.05, 4.69) is 218 Å². The zero-order valence-electron chi connectivity index (χ0n) is 35.5. The molecule has 0 heterocycles. The lowest BCUT2D eigenvalue weighted by Crippen LogP contribution is -2.23. The number of benzene rings is 7. The van der Waals surface area contributed by atoms with Crippen molar-refractivity contribution in [2.45, 2.75) is 69.2 Å². The van der Waals surface area contributed by atoms with Crippen molar-refractivity contribution in [3.05, 3.63) is 201 Å². The third kappa shape index (κ3) is 12.8. The van der Waals surface area contributed by atoms with E-state index in [1.54, 1.807) is 0 Å². The summed E-state index contributed by atoms with van der Waals surface area (Å²) >= 11 is 0. The Morgan fingerprint density at radius 2 is 0.768 bits per heavy atom. The fourth-order valence-electron chi connectivity index (χ4n) is 6.51. The van der Waals surface area contributed by atoms with Gasteiger partial charge in [-0.3, -0.25) is 0 Å². The SMILES string of the molecule is C/C=C\C=C/C.C/C=C\c1ccccc1C.C/C=c1/cc2ccccc2c/c1=C/C.C/C=c1/ccc2cccc3ccc(C)c1c32.C/C=c1/cccc/c1=C/C. The van der Waals surface area contributed by atoms with Crippen LogP contribution in [0.5, 0.6) is 0 Å². The smallest absolute Gasteiger partial charge is 0.00303 e. The highest BCUT2D eigenvalue weighted by Crippen LogP contribution is 2.26. The Balaban J connectivity index is 0.000000195. The summed E-state index contributed by atoms with van der Waals surface area (Å²) in [6, 6.07) is 45.0. The molecule has 56 heavy (non-hydrogen) atoms. The highest BCUT2D eigenvalue weighted by Gasteiger charge is 2.04. The van der Waals surface area contributed by atoms with Crippen LogP contribution in [0.1, 0.15) is 72.1 Å². The summed E-state index contributed by atoms with van der Waals surface area (Å²) in [6.45, 7) is 20.7. The second-order valence-corrected chi connectivity index (χ2v) is 13.3. The molecule has 286 valence electrons. The molecule has 7 aromatic carbocycles. The van der Waals surface area contributed by atoms with Gasteiger partial charge in [0, 0.05) is 0 Å². The van der Waals surface area contributed by atoms with Crippen molar-refractivity contribution in [1.29, 1.82) is 0 Å². The van der Waals surface area contributed by atoms with Crippen LogP contribution in [-0.2, 0) is 0 Å². The van der Waals surface area contributed by atoms with Crippen LogP contribution < -0.4 is 26.1 Å². The maximum Gasteiger partial charge on any atom is -0.00303 e. The number of fused-ring (bicyclic) bond motifs is 1. The topological polar surface area (TPSA) is 0 Å². The van der Waals surface area contributed by atoms with Gasteiger partial charge >= 0.3 is 0 Å². The number of rotatable bonds is 2. The van der Waals surface area contributed by atoms with E-state index >= 15 is 0 Å². The highest BCUT2D eigenvalue weighted by molar-refractivity contribution is 6.11. The first-order valence-corrected chi connectivity index (χ1v) is 19.9. The fourth-order valence-corrected chi connectivity index (χ4v) is 6.51. The number of aryl methyl sites for hydroxylation is 2. The summed E-state index contributed by atoms with van der Waals surface area (Å²) in [4.78, 5) is 0. The molecule has 0 bridgehead atoms. The molecule has 0 amide bonds. The normalized spacial score (nSPS) is 12.8. The maximum atomic E-state index is 2.24. The van der Waals surface area contributed by atoms with E-state index in [1.807, 2.05) is 45.1 Å². The standard InChI is InChI=1S/C16H14.C14H14.2C10H12.C6H10/c1-3-12-9-10-14-6-4-5-13-8-7-11(2)15(12)16(13)14;1-3-11-9-13-7-5-6-8-14(13)10-12(11)4-2;1-3-6-10-8-5-4-7-9(10)2;1-3-9-7-5-6-8-10(9)4-2;1-3-5-6-4-2/h3-10H,1-2H3;3-10H,1-2H3;2*3-8H,1-2H3;3-6H,1-2H3/b12-3-;11-3-,12-4-;6-3-;9-3-,10-4-;5-3-,6-4-. The third-order valence-corrected chi connectivity index (χ3v) is 9.55. The minimum Gasteiger partial charge on any atom is -0.0877 e. The molecular formula is C56H62. The molecule has 0 spiro atoms. The van der Waals surface area contributed by atoms with Crippen molar-refractivity contribution in [2.75, 3.05) is 0 Å². The van der Waals surface area contributed by atoms with Crippen LogP contribution in [0.2, 0.25) is 0 Å². The zero-order chi connectivity index (χ0) is 40.7. The van der Waals surface area contributed by atoms with Gasteiger partial charge in [0.2, 0.25) is 0 Å². The molecule has 0 fully saturated rings. The van der Waals surface area contributed by atoms with Crippen LogP contribution in [0, 0.1) is 13.8 Å². The largest absolute Gasteiger partial charge is 0.0877 e. The fraction of sp³-hybridized carbons (Fsp3) is 0.179. The van der Waals surface area contributed by atoms with Crippen LogP contribution in [0.25, 0.3) is 68.8 Å². The van der Waals surface area contributed by atoms with Gasteiger partial charge in [-0.1, -0.05) is 182 Å². The Morgan fingerprint density at radius 3 is 1.23 bits per heavy atom. The van der Waals surface area contributed by atoms with Crippen molar-refractivity contribution in [1.82, 2.24) is 0 Å². The molecule has 0 heteroatoms. The quantitative estimate of drug-likeness (QED) is 0.155. The number of allylic oxidation sites excluding steroid dienone is 5. The summed E-state index contributed by atoms with van der Waals surface area (Å²) in [5, 5.41) is 14.7. The second-order valence-electron chi connectivity index (χ2n) is 13.3. The molecule has 0 aliphatic rings. The van der Waals surface area contributed by atoms with E-state index in [4.69, 9.17) is 0 Å². The van der Waals surface area contributed by atoms with E-state index in [-0.39, 0.29) is 0 Å². The van der Waals surface area contributed by atoms with E-state index in [1.165, 1.54) is 75.1 Å². The molecule has 0 aliphatic heterocycles. The third-order valence-electron chi connectivity index (χ3n) is 9.55. The van der Waals surface area contributed by atoms with Crippen molar-refractivity contribution < 1.29 is 0 Å². The van der Waals surface area contributed by atoms with Crippen molar-refractivity contribution in [2.24, 2.45) is 0 Å². The number of hydrogen-bond acceptors (Lipinski definition) is 0. The molecule has 0 saturated carbocycles. The Bertz CT molecular complexity index is 2570. The summed E-state index contributed by atoms with van der Waals surface area (Å²) in [7, 11) is 0. The molecule has 0 atom stereocenters. The van der Waals surface area contributed by atoms with Crippen LogP contribution >= 0.6 is 0 Å². The predicted molar refractivity (Wildman–Crippen MR) is 257 cm³/mol. The summed E-state index contributed by atoms with van der Waals surface area (Å²) < 4.78 is 0. The van der Waals surface area contributed by atoms with E-state index in [9.17, 15) is 0 Å². The lowest BCUT2D eigenvalue weighted by Gasteiger charge is -2.08. The van der Waals surface area contributed by atoms with Crippen molar-refractivity contribution in [3.63, 3.8) is 0 Å². The first-order valence-electron chi connectivity index (χ1n) is 19.9. The van der Waals surface area contributed by atoms with Gasteiger partial charge in [-0.15, -0.1) is 0 Å². The van der Waals surface area contributed by atoms with Crippen LogP contribution in [0.4, 0.5) is 0 Å². The summed E-state index contributed by atoms with van der Waals surface area (Å²) in [6.07, 6.45) is 22.9. The Hall–Kier alpha value is -5.98. The average molecular weight is 735 g/mol. The minimum absolute atomic E-state index is 1.31. The number of hydrogen-bond donors (Lipinski definition) is 0. The second kappa shape index (κ2) is 24.4. The van der Waals surface area contributed by atoms with Gasteiger partial charge in [-0.25, -0.2) is 0 Å². The average Bonchev–Trinajstić information content (AvgIpc) is 3.25. The molecule has 7 aromatic rings. The zero-order valence-corrected chi connectivity index (χ0v) is 35.5. The molecule has 7 rings (SSSR count). The first-order chi connectivity index (χ1) is 27.3. The monoisotopic (exact) mass is 734 g/mol. The van der Waals surface area contributed by atoms with Crippen LogP contribution in [0.3, 0.4) is 0 Å². The molecule has 0 aliphatic carbocycles. The first kappa shape index (κ1) is 44.4. The van der Waals surface area contributed by atoms with Crippen LogP contribution in [-0.4, -0.2) is 0 Å². The Labute approximate surface area is 337 Å². The minimum atomic E-state index is 1.31. The molecule has 0 radical (unpaired) electrons. The molecule has 0 unspecified atom stereocenters. The predicted octanol–water partition coefficient (Wildman–Crippen LogP) is 12.7.